The summed E-state index contributed by atoms with van der Waals surface area (Å²) < 4.78 is 15.8. The fourth-order valence-electron chi connectivity index (χ4n) is 3.68. The average molecular weight is 378 g/mol. The van der Waals surface area contributed by atoms with Crippen molar-refractivity contribution in [2.24, 2.45) is 5.92 Å². The van der Waals surface area contributed by atoms with Crippen molar-refractivity contribution in [1.82, 2.24) is 14.9 Å². The van der Waals surface area contributed by atoms with Crippen LogP contribution in [0.5, 0.6) is 0 Å². The van der Waals surface area contributed by atoms with Crippen molar-refractivity contribution >= 4 is 11.6 Å². The van der Waals surface area contributed by atoms with Gasteiger partial charge in [-0.3, -0.25) is 4.79 Å². The van der Waals surface area contributed by atoms with E-state index in [1.165, 1.54) is 6.07 Å². The van der Waals surface area contributed by atoms with Crippen LogP contribution in [0.15, 0.2) is 67.0 Å². The van der Waals surface area contributed by atoms with E-state index in [0.29, 0.717) is 18.2 Å². The Balaban J connectivity index is 1.30. The van der Waals surface area contributed by atoms with Crippen LogP contribution in [0.25, 0.3) is 11.4 Å². The normalized spacial score (nSPS) is 16.3. The molecule has 2 aromatic carbocycles. The zero-order valence-electron chi connectivity index (χ0n) is 15.6. The lowest BCUT2D eigenvalue weighted by atomic mass is 10.1. The third-order valence-corrected chi connectivity index (χ3v) is 5.13. The highest BCUT2D eigenvalue weighted by atomic mass is 19.1. The molecule has 28 heavy (non-hydrogen) atoms. The quantitative estimate of drug-likeness (QED) is 0.716. The van der Waals surface area contributed by atoms with E-state index in [1.54, 1.807) is 18.3 Å². The number of anilines is 1. The Morgan fingerprint density at radius 1 is 1.14 bits per heavy atom. The van der Waals surface area contributed by atoms with Crippen LogP contribution in [0.1, 0.15) is 6.42 Å². The Kier molecular flexibility index (Phi) is 5.37. The number of carbonyl (C=O) groups is 1. The topological polar surface area (TPSA) is 50.2 Å². The van der Waals surface area contributed by atoms with E-state index in [1.807, 2.05) is 47.2 Å². The van der Waals surface area contributed by atoms with Crippen LogP contribution >= 0.6 is 0 Å². The maximum atomic E-state index is 14.0. The SMILES string of the molecule is O=C(Cn1ccnc1-c1ccccc1)NC[C@H]1CCN(c2ccccc2F)C1. The van der Waals surface area contributed by atoms with E-state index in [0.717, 1.165) is 30.9 Å². The van der Waals surface area contributed by atoms with Crippen molar-refractivity contribution < 1.29 is 9.18 Å². The third kappa shape index (κ3) is 4.06. The highest BCUT2D eigenvalue weighted by molar-refractivity contribution is 5.76. The van der Waals surface area contributed by atoms with Crippen molar-refractivity contribution in [3.63, 3.8) is 0 Å². The summed E-state index contributed by atoms with van der Waals surface area (Å²) in [5.74, 6) is 0.863. The molecule has 1 amide bonds. The molecular weight excluding hydrogens is 355 g/mol. The molecular formula is C22H23FN4O. The molecule has 1 aliphatic heterocycles. The standard InChI is InChI=1S/C22H23FN4O/c23-19-8-4-5-9-20(19)26-12-10-17(15-26)14-25-21(28)16-27-13-11-24-22(27)18-6-2-1-3-7-18/h1-9,11,13,17H,10,12,14-16H2,(H,25,28)/t17-/m1/s1. The first-order chi connectivity index (χ1) is 13.7. The lowest BCUT2D eigenvalue weighted by molar-refractivity contribution is -0.121. The first-order valence-electron chi connectivity index (χ1n) is 9.53. The Morgan fingerprint density at radius 2 is 1.93 bits per heavy atom. The van der Waals surface area contributed by atoms with Gasteiger partial charge in [0.1, 0.15) is 18.2 Å². The number of hydrogen-bond acceptors (Lipinski definition) is 3. The molecule has 1 saturated heterocycles. The van der Waals surface area contributed by atoms with Gasteiger partial charge in [-0.2, -0.15) is 0 Å². The minimum Gasteiger partial charge on any atom is -0.369 e. The van der Waals surface area contributed by atoms with E-state index in [9.17, 15) is 9.18 Å². The van der Waals surface area contributed by atoms with Gasteiger partial charge < -0.3 is 14.8 Å². The number of aromatic nitrogens is 2. The fourth-order valence-corrected chi connectivity index (χ4v) is 3.68. The second-order valence-electron chi connectivity index (χ2n) is 7.10. The van der Waals surface area contributed by atoms with Crippen molar-refractivity contribution in [1.29, 1.82) is 0 Å². The Morgan fingerprint density at radius 3 is 2.75 bits per heavy atom. The van der Waals surface area contributed by atoms with Gasteiger partial charge in [-0.15, -0.1) is 0 Å². The summed E-state index contributed by atoms with van der Waals surface area (Å²) in [7, 11) is 0. The van der Waals surface area contributed by atoms with Crippen LogP contribution in [0.4, 0.5) is 10.1 Å². The molecule has 1 atom stereocenters. The summed E-state index contributed by atoms with van der Waals surface area (Å²) in [5, 5.41) is 3.02. The van der Waals surface area contributed by atoms with Crippen LogP contribution in [0.3, 0.4) is 0 Å². The van der Waals surface area contributed by atoms with Crippen LogP contribution in [0.2, 0.25) is 0 Å². The number of nitrogens with one attached hydrogen (secondary N) is 1. The monoisotopic (exact) mass is 378 g/mol. The second kappa shape index (κ2) is 8.25. The van der Waals surface area contributed by atoms with Crippen molar-refractivity contribution in [2.45, 2.75) is 13.0 Å². The number of halogens is 1. The second-order valence-corrected chi connectivity index (χ2v) is 7.10. The summed E-state index contributed by atoms with van der Waals surface area (Å²) in [6.45, 7) is 2.38. The molecule has 144 valence electrons. The number of hydrogen-bond donors (Lipinski definition) is 1. The number of nitrogens with zero attached hydrogens (tertiary/aromatic N) is 3. The average Bonchev–Trinajstić information content (AvgIpc) is 3.37. The van der Waals surface area contributed by atoms with E-state index in [2.05, 4.69) is 15.2 Å². The van der Waals surface area contributed by atoms with Gasteiger partial charge in [0.25, 0.3) is 0 Å². The highest BCUT2D eigenvalue weighted by Crippen LogP contribution is 2.25. The summed E-state index contributed by atoms with van der Waals surface area (Å²) in [6.07, 6.45) is 4.46. The molecule has 0 aliphatic carbocycles. The van der Waals surface area contributed by atoms with Gasteiger partial charge in [0, 0.05) is 37.6 Å². The molecule has 1 fully saturated rings. The van der Waals surface area contributed by atoms with E-state index >= 15 is 0 Å². The molecule has 0 radical (unpaired) electrons. The fraction of sp³-hybridized carbons (Fsp3) is 0.273. The van der Waals surface area contributed by atoms with Gasteiger partial charge in [-0.05, 0) is 24.5 Å². The molecule has 1 aliphatic rings. The first-order valence-corrected chi connectivity index (χ1v) is 9.53. The summed E-state index contributed by atoms with van der Waals surface area (Å²) in [4.78, 5) is 18.8. The molecule has 0 spiro atoms. The molecule has 0 saturated carbocycles. The predicted octanol–water partition coefficient (Wildman–Crippen LogP) is 3.33. The molecule has 1 aromatic heterocycles. The maximum absolute atomic E-state index is 14.0. The Hall–Kier alpha value is -3.15. The van der Waals surface area contributed by atoms with Crippen molar-refractivity contribution in [2.75, 3.05) is 24.5 Å². The molecule has 0 bridgehead atoms. The minimum absolute atomic E-state index is 0.0421. The van der Waals surface area contributed by atoms with Crippen LogP contribution in [0, 0.1) is 11.7 Å². The van der Waals surface area contributed by atoms with Gasteiger partial charge in [0.05, 0.1) is 5.69 Å². The van der Waals surface area contributed by atoms with Crippen LogP contribution < -0.4 is 10.2 Å². The van der Waals surface area contributed by atoms with Gasteiger partial charge >= 0.3 is 0 Å². The number of para-hydroxylation sites is 1. The number of rotatable bonds is 6. The van der Waals surface area contributed by atoms with E-state index < -0.39 is 0 Å². The number of imidazole rings is 1. The highest BCUT2D eigenvalue weighted by Gasteiger charge is 2.24. The first kappa shape index (κ1) is 18.2. The van der Waals surface area contributed by atoms with Gasteiger partial charge in [-0.25, -0.2) is 9.37 Å². The number of benzene rings is 2. The Bertz CT molecular complexity index is 940. The van der Waals surface area contributed by atoms with Crippen LogP contribution in [-0.4, -0.2) is 35.1 Å². The number of carbonyl (C=O) groups excluding carboxylic acids is 1. The van der Waals surface area contributed by atoms with Crippen molar-refractivity contribution in [3.05, 3.63) is 72.8 Å². The van der Waals surface area contributed by atoms with Gasteiger partial charge in [0.2, 0.25) is 5.91 Å². The molecule has 2 heterocycles. The smallest absolute Gasteiger partial charge is 0.240 e. The van der Waals surface area contributed by atoms with Crippen LogP contribution in [-0.2, 0) is 11.3 Å². The largest absolute Gasteiger partial charge is 0.369 e. The van der Waals surface area contributed by atoms with E-state index in [-0.39, 0.29) is 18.3 Å². The summed E-state index contributed by atoms with van der Waals surface area (Å²) in [5.41, 5.74) is 1.62. The maximum Gasteiger partial charge on any atom is 0.240 e. The zero-order valence-corrected chi connectivity index (χ0v) is 15.6. The summed E-state index contributed by atoms with van der Waals surface area (Å²) >= 11 is 0. The lowest BCUT2D eigenvalue weighted by Crippen LogP contribution is -2.33. The molecule has 5 nitrogen and oxygen atoms in total. The minimum atomic E-state index is -0.194. The van der Waals surface area contributed by atoms with Crippen molar-refractivity contribution in [3.8, 4) is 11.4 Å². The van der Waals surface area contributed by atoms with Gasteiger partial charge in [0.15, 0.2) is 0 Å². The predicted molar refractivity (Wildman–Crippen MR) is 107 cm³/mol. The lowest BCUT2D eigenvalue weighted by Gasteiger charge is -2.19. The zero-order chi connectivity index (χ0) is 19.3. The molecule has 6 heteroatoms. The number of amides is 1. The van der Waals surface area contributed by atoms with E-state index in [4.69, 9.17) is 0 Å². The summed E-state index contributed by atoms with van der Waals surface area (Å²) in [6, 6.07) is 16.7. The van der Waals surface area contributed by atoms with Gasteiger partial charge in [-0.1, -0.05) is 42.5 Å². The molecule has 3 aromatic rings. The molecule has 1 N–H and O–H groups in total. The molecule has 4 rings (SSSR count). The third-order valence-electron chi connectivity index (χ3n) is 5.13. The molecule has 0 unspecified atom stereocenters. The Labute approximate surface area is 163 Å².